The zero-order valence-electron chi connectivity index (χ0n) is 6.45. The summed E-state index contributed by atoms with van der Waals surface area (Å²) in [4.78, 5) is 11.2. The molecule has 2 nitrogen and oxygen atoms in total. The van der Waals surface area contributed by atoms with E-state index in [1.54, 1.807) is 0 Å². The van der Waals surface area contributed by atoms with Gasteiger partial charge in [0.2, 0.25) is 0 Å². The Bertz CT molecular complexity index is 212. The molecular formula is C9H12O2. The van der Waals surface area contributed by atoms with Crippen molar-refractivity contribution in [2.75, 3.05) is 0 Å². The monoisotopic (exact) mass is 152 g/mol. The van der Waals surface area contributed by atoms with Gasteiger partial charge >= 0.3 is 5.97 Å². The van der Waals surface area contributed by atoms with Crippen molar-refractivity contribution in [2.45, 2.75) is 31.8 Å². The van der Waals surface area contributed by atoms with E-state index < -0.39 is 0 Å². The average molecular weight is 152 g/mol. The summed E-state index contributed by atoms with van der Waals surface area (Å²) in [6, 6.07) is 0. The first-order valence-electron chi connectivity index (χ1n) is 4.57. The molecule has 2 aliphatic carbocycles. The summed E-state index contributed by atoms with van der Waals surface area (Å²) in [6.07, 6.45) is 5.14. The Morgan fingerprint density at radius 1 is 1.18 bits per heavy atom. The zero-order chi connectivity index (χ0) is 7.42. The van der Waals surface area contributed by atoms with Crippen molar-refractivity contribution in [3.63, 3.8) is 0 Å². The smallest absolute Gasteiger partial charge is 0.309 e. The van der Waals surface area contributed by atoms with Gasteiger partial charge in [-0.05, 0) is 31.6 Å². The highest BCUT2D eigenvalue weighted by Crippen LogP contribution is 2.52. The van der Waals surface area contributed by atoms with Crippen molar-refractivity contribution < 1.29 is 9.53 Å². The second-order valence-corrected chi connectivity index (χ2v) is 4.07. The van der Waals surface area contributed by atoms with Gasteiger partial charge in [-0.15, -0.1) is 0 Å². The highest BCUT2D eigenvalue weighted by Gasteiger charge is 2.55. The number of ether oxygens (including phenoxy) is 1. The third kappa shape index (κ3) is 0.608. The molecule has 0 bridgehead atoms. The average Bonchev–Trinajstić information content (AvgIpc) is 2.53. The number of rotatable bonds is 0. The van der Waals surface area contributed by atoms with Gasteiger partial charge in [0.05, 0.1) is 5.92 Å². The van der Waals surface area contributed by atoms with Crippen molar-refractivity contribution >= 4 is 5.97 Å². The van der Waals surface area contributed by atoms with Crippen LogP contribution in [0.25, 0.3) is 0 Å². The molecule has 0 aromatic heterocycles. The minimum absolute atomic E-state index is 0.0993. The van der Waals surface area contributed by atoms with Crippen molar-refractivity contribution in [3.8, 4) is 0 Å². The minimum atomic E-state index is 0.0993. The Hall–Kier alpha value is -0.530. The summed E-state index contributed by atoms with van der Waals surface area (Å²) in [5, 5.41) is 0. The standard InChI is InChI=1S/C9H12O2/c10-9-6-3-1-5-2-4-7(11-9)8(5)6/h5-8H,1-4H2/t5-,6-,7+,8+/m0/s1. The van der Waals surface area contributed by atoms with Crippen molar-refractivity contribution in [3.05, 3.63) is 0 Å². The molecule has 60 valence electrons. The zero-order valence-corrected chi connectivity index (χ0v) is 6.45. The van der Waals surface area contributed by atoms with Crippen LogP contribution in [0.3, 0.4) is 0 Å². The maximum Gasteiger partial charge on any atom is 0.309 e. The second-order valence-electron chi connectivity index (χ2n) is 4.07. The summed E-state index contributed by atoms with van der Waals surface area (Å²) < 4.78 is 5.28. The number of carbonyl (C=O) groups is 1. The van der Waals surface area contributed by atoms with Crippen molar-refractivity contribution in [1.29, 1.82) is 0 Å². The number of esters is 1. The quantitative estimate of drug-likeness (QED) is 0.490. The fourth-order valence-corrected chi connectivity index (χ4v) is 3.23. The van der Waals surface area contributed by atoms with Gasteiger partial charge in [0.15, 0.2) is 0 Å². The van der Waals surface area contributed by atoms with Crippen LogP contribution in [0, 0.1) is 17.8 Å². The summed E-state index contributed by atoms with van der Waals surface area (Å²) in [7, 11) is 0. The summed E-state index contributed by atoms with van der Waals surface area (Å²) in [5.41, 5.74) is 0. The minimum Gasteiger partial charge on any atom is -0.462 e. The molecule has 0 radical (unpaired) electrons. The van der Waals surface area contributed by atoms with Crippen LogP contribution in [-0.4, -0.2) is 12.1 Å². The Morgan fingerprint density at radius 2 is 2.00 bits per heavy atom. The van der Waals surface area contributed by atoms with Gasteiger partial charge in [0, 0.05) is 5.92 Å². The molecule has 0 aromatic carbocycles. The SMILES string of the molecule is O=C1O[C@@H]2CC[C@@H]3CC[C@H]1[C@@H]32. The highest BCUT2D eigenvalue weighted by molar-refractivity contribution is 5.76. The molecule has 3 rings (SSSR count). The summed E-state index contributed by atoms with van der Waals surface area (Å²) >= 11 is 0. The molecule has 11 heavy (non-hydrogen) atoms. The molecule has 0 amide bonds. The Kier molecular flexibility index (Phi) is 0.984. The summed E-state index contributed by atoms with van der Waals surface area (Å²) in [5.74, 6) is 1.86. The number of hydrogen-bond acceptors (Lipinski definition) is 2. The van der Waals surface area contributed by atoms with E-state index in [-0.39, 0.29) is 5.97 Å². The van der Waals surface area contributed by atoms with Crippen LogP contribution < -0.4 is 0 Å². The molecule has 2 heteroatoms. The van der Waals surface area contributed by atoms with E-state index in [9.17, 15) is 4.79 Å². The maximum absolute atomic E-state index is 11.2. The van der Waals surface area contributed by atoms with Crippen LogP contribution in [-0.2, 0) is 9.53 Å². The van der Waals surface area contributed by atoms with E-state index in [0.29, 0.717) is 17.9 Å². The highest BCUT2D eigenvalue weighted by atomic mass is 16.6. The van der Waals surface area contributed by atoms with Crippen LogP contribution in [0.4, 0.5) is 0 Å². The first-order chi connectivity index (χ1) is 5.36. The molecule has 1 aliphatic heterocycles. The van der Waals surface area contributed by atoms with Crippen molar-refractivity contribution in [2.24, 2.45) is 17.8 Å². The first kappa shape index (κ1) is 6.04. The lowest BCUT2D eigenvalue weighted by Gasteiger charge is -2.08. The lowest BCUT2D eigenvalue weighted by Crippen LogP contribution is -2.13. The van der Waals surface area contributed by atoms with Gasteiger partial charge in [-0.25, -0.2) is 0 Å². The largest absolute Gasteiger partial charge is 0.462 e. The molecule has 0 spiro atoms. The van der Waals surface area contributed by atoms with E-state index in [2.05, 4.69) is 0 Å². The van der Waals surface area contributed by atoms with Crippen LogP contribution in [0.5, 0.6) is 0 Å². The topological polar surface area (TPSA) is 26.3 Å². The number of hydrogen-bond donors (Lipinski definition) is 0. The van der Waals surface area contributed by atoms with Gasteiger partial charge < -0.3 is 4.74 Å². The molecule has 1 heterocycles. The van der Waals surface area contributed by atoms with E-state index in [1.165, 1.54) is 12.8 Å². The van der Waals surface area contributed by atoms with E-state index in [0.717, 1.165) is 18.8 Å². The molecule has 0 unspecified atom stereocenters. The Balaban J connectivity index is 1.99. The van der Waals surface area contributed by atoms with Crippen LogP contribution in [0.15, 0.2) is 0 Å². The predicted molar refractivity (Wildman–Crippen MR) is 38.8 cm³/mol. The predicted octanol–water partition coefficient (Wildman–Crippen LogP) is 1.35. The second kappa shape index (κ2) is 1.79. The van der Waals surface area contributed by atoms with Crippen molar-refractivity contribution in [1.82, 2.24) is 0 Å². The Labute approximate surface area is 65.9 Å². The van der Waals surface area contributed by atoms with Gasteiger partial charge in [-0.1, -0.05) is 0 Å². The van der Waals surface area contributed by atoms with Gasteiger partial charge in [-0.2, -0.15) is 0 Å². The summed E-state index contributed by atoms with van der Waals surface area (Å²) in [6.45, 7) is 0. The van der Waals surface area contributed by atoms with Gasteiger partial charge in [0.1, 0.15) is 6.10 Å². The van der Waals surface area contributed by atoms with E-state index in [1.807, 2.05) is 0 Å². The third-order valence-electron chi connectivity index (χ3n) is 3.68. The van der Waals surface area contributed by atoms with Crippen LogP contribution >= 0.6 is 0 Å². The molecule has 4 atom stereocenters. The molecule has 0 aromatic rings. The molecule has 0 N–H and O–H groups in total. The molecule has 2 saturated carbocycles. The third-order valence-corrected chi connectivity index (χ3v) is 3.68. The molecule has 3 aliphatic rings. The first-order valence-corrected chi connectivity index (χ1v) is 4.57. The molecule has 3 fully saturated rings. The fourth-order valence-electron chi connectivity index (χ4n) is 3.23. The molecule has 1 saturated heterocycles. The van der Waals surface area contributed by atoms with E-state index in [4.69, 9.17) is 4.74 Å². The maximum atomic E-state index is 11.2. The normalized spacial score (nSPS) is 52.9. The van der Waals surface area contributed by atoms with E-state index >= 15 is 0 Å². The van der Waals surface area contributed by atoms with Crippen LogP contribution in [0.2, 0.25) is 0 Å². The lowest BCUT2D eigenvalue weighted by atomic mass is 9.93. The molecular weight excluding hydrogens is 140 g/mol. The Morgan fingerprint density at radius 3 is 2.91 bits per heavy atom. The van der Waals surface area contributed by atoms with Crippen LogP contribution in [0.1, 0.15) is 25.7 Å². The van der Waals surface area contributed by atoms with Gasteiger partial charge in [0.25, 0.3) is 0 Å². The lowest BCUT2D eigenvalue weighted by molar-refractivity contribution is -0.144. The fraction of sp³-hybridized carbons (Fsp3) is 0.889. The van der Waals surface area contributed by atoms with Gasteiger partial charge in [-0.3, -0.25) is 4.79 Å². The number of carbonyl (C=O) groups excluding carboxylic acids is 1.